The largest absolute Gasteiger partial charge is 0.490 e. The summed E-state index contributed by atoms with van der Waals surface area (Å²) >= 11 is 5.96. The Balaban J connectivity index is 1.72. The summed E-state index contributed by atoms with van der Waals surface area (Å²) in [6.07, 6.45) is 2.02. The van der Waals surface area contributed by atoms with Crippen LogP contribution in [0.5, 0.6) is 11.5 Å². The lowest BCUT2D eigenvalue weighted by atomic mass is 9.76. The molecular formula is C26H26ClN3O3. The predicted molar refractivity (Wildman–Crippen MR) is 127 cm³/mol. The number of carbonyl (C=O) groups is 1. The summed E-state index contributed by atoms with van der Waals surface area (Å²) in [7, 11) is 1.82. The van der Waals surface area contributed by atoms with Crippen molar-refractivity contribution in [1.82, 2.24) is 4.90 Å². The van der Waals surface area contributed by atoms with Gasteiger partial charge in [0, 0.05) is 29.8 Å². The molecule has 2 aromatic rings. The summed E-state index contributed by atoms with van der Waals surface area (Å²) in [6.45, 7) is 2.70. The highest BCUT2D eigenvalue weighted by molar-refractivity contribution is 6.30. The highest BCUT2D eigenvalue weighted by atomic mass is 35.5. The zero-order chi connectivity index (χ0) is 23.5. The topological polar surface area (TPSA) is 88.6 Å². The fourth-order valence-corrected chi connectivity index (χ4v) is 4.56. The molecule has 0 spiro atoms. The molecule has 7 heteroatoms. The molecule has 0 saturated carbocycles. The molecule has 1 atom stereocenters. The average molecular weight is 464 g/mol. The Bertz CT molecular complexity index is 1180. The summed E-state index contributed by atoms with van der Waals surface area (Å²) < 4.78 is 11.9. The van der Waals surface area contributed by atoms with E-state index in [1.807, 2.05) is 56.4 Å². The molecule has 0 aromatic heterocycles. The Morgan fingerprint density at radius 2 is 1.91 bits per heavy atom. The van der Waals surface area contributed by atoms with Gasteiger partial charge in [0.25, 0.3) is 0 Å². The number of rotatable bonds is 6. The van der Waals surface area contributed by atoms with Gasteiger partial charge in [-0.25, -0.2) is 0 Å². The molecule has 1 aliphatic carbocycles. The van der Waals surface area contributed by atoms with Gasteiger partial charge in [0.2, 0.25) is 0 Å². The maximum absolute atomic E-state index is 13.0. The van der Waals surface area contributed by atoms with Gasteiger partial charge in [0.15, 0.2) is 17.3 Å². The van der Waals surface area contributed by atoms with E-state index in [4.69, 9.17) is 26.8 Å². The van der Waals surface area contributed by atoms with Gasteiger partial charge in [-0.15, -0.1) is 0 Å². The molecule has 1 heterocycles. The molecule has 2 N–H and O–H groups in total. The van der Waals surface area contributed by atoms with E-state index in [9.17, 15) is 10.1 Å². The Labute approximate surface area is 198 Å². The zero-order valence-electron chi connectivity index (χ0n) is 18.7. The van der Waals surface area contributed by atoms with Gasteiger partial charge in [0.05, 0.1) is 24.2 Å². The number of Topliss-reactive ketones (excluding diaryl/α,β-unsaturated/α-hetero) is 1. The van der Waals surface area contributed by atoms with Crippen LogP contribution in [0.15, 0.2) is 65.1 Å². The van der Waals surface area contributed by atoms with E-state index in [2.05, 4.69) is 6.07 Å². The van der Waals surface area contributed by atoms with E-state index >= 15 is 0 Å². The van der Waals surface area contributed by atoms with E-state index in [1.165, 1.54) is 0 Å². The standard InChI is InChI=1S/C26H26ClN3O3/c1-3-32-23-13-17(9-12-22(23)33-15-16-7-10-18(27)11-8-16)24-19(14-28)26(29)30(2)20-5-4-6-21(31)25(20)24/h7-13,24H,3-6,15,29H2,1-2H3/t24-/m0/s1. The second kappa shape index (κ2) is 9.60. The van der Waals surface area contributed by atoms with Crippen LogP contribution in [0.3, 0.4) is 0 Å². The summed E-state index contributed by atoms with van der Waals surface area (Å²) in [5.41, 5.74) is 10.0. The highest BCUT2D eigenvalue weighted by Crippen LogP contribution is 2.45. The molecule has 0 radical (unpaired) electrons. The number of nitriles is 1. The Kier molecular flexibility index (Phi) is 6.62. The van der Waals surface area contributed by atoms with Crippen molar-refractivity contribution in [3.63, 3.8) is 0 Å². The molecule has 2 aromatic carbocycles. The van der Waals surface area contributed by atoms with Crippen molar-refractivity contribution >= 4 is 17.4 Å². The van der Waals surface area contributed by atoms with Gasteiger partial charge >= 0.3 is 0 Å². The third-order valence-corrected chi connectivity index (χ3v) is 6.33. The van der Waals surface area contributed by atoms with Crippen LogP contribution in [0.25, 0.3) is 0 Å². The van der Waals surface area contributed by atoms with Crippen molar-refractivity contribution in [2.24, 2.45) is 5.73 Å². The first-order valence-corrected chi connectivity index (χ1v) is 11.4. The van der Waals surface area contributed by atoms with Crippen molar-refractivity contribution < 1.29 is 14.3 Å². The number of carbonyl (C=O) groups excluding carboxylic acids is 1. The van der Waals surface area contributed by atoms with Crippen molar-refractivity contribution in [3.8, 4) is 17.6 Å². The number of nitrogens with zero attached hydrogens (tertiary/aromatic N) is 2. The smallest absolute Gasteiger partial charge is 0.161 e. The molecule has 1 aliphatic heterocycles. The third-order valence-electron chi connectivity index (χ3n) is 6.08. The normalized spacial score (nSPS) is 18.2. The molecule has 6 nitrogen and oxygen atoms in total. The summed E-state index contributed by atoms with van der Waals surface area (Å²) in [4.78, 5) is 14.8. The fourth-order valence-electron chi connectivity index (χ4n) is 4.43. The van der Waals surface area contributed by atoms with E-state index in [0.717, 1.165) is 29.7 Å². The van der Waals surface area contributed by atoms with Gasteiger partial charge in [-0.2, -0.15) is 5.26 Å². The van der Waals surface area contributed by atoms with Gasteiger partial charge in [-0.3, -0.25) is 4.79 Å². The van der Waals surface area contributed by atoms with E-state index in [-0.39, 0.29) is 5.78 Å². The number of benzene rings is 2. The minimum atomic E-state index is -0.515. The van der Waals surface area contributed by atoms with E-state index < -0.39 is 5.92 Å². The average Bonchev–Trinajstić information content (AvgIpc) is 2.82. The van der Waals surface area contributed by atoms with E-state index in [1.54, 1.807) is 4.90 Å². The number of nitrogens with two attached hydrogens (primary N) is 1. The van der Waals surface area contributed by atoms with Crippen LogP contribution in [0.4, 0.5) is 0 Å². The maximum Gasteiger partial charge on any atom is 0.161 e. The zero-order valence-corrected chi connectivity index (χ0v) is 19.5. The number of ketones is 1. The lowest BCUT2D eigenvalue weighted by Crippen LogP contribution is -2.36. The Morgan fingerprint density at radius 3 is 2.61 bits per heavy atom. The lowest BCUT2D eigenvalue weighted by molar-refractivity contribution is -0.116. The van der Waals surface area contributed by atoms with Gasteiger partial charge in [0.1, 0.15) is 12.4 Å². The molecule has 33 heavy (non-hydrogen) atoms. The lowest BCUT2D eigenvalue weighted by Gasteiger charge is -2.37. The van der Waals surface area contributed by atoms with Crippen molar-refractivity contribution in [3.05, 3.63) is 81.3 Å². The number of allylic oxidation sites excluding steroid dienone is 3. The molecular weight excluding hydrogens is 438 g/mol. The molecule has 170 valence electrons. The molecule has 0 saturated heterocycles. The van der Waals surface area contributed by atoms with Crippen LogP contribution in [0, 0.1) is 11.3 Å². The minimum absolute atomic E-state index is 0.0642. The van der Waals surface area contributed by atoms with Gasteiger partial charge in [-0.1, -0.05) is 29.8 Å². The first kappa shape index (κ1) is 22.8. The molecule has 0 amide bonds. The van der Waals surface area contributed by atoms with Crippen LogP contribution in [0.2, 0.25) is 5.02 Å². The number of hydrogen-bond acceptors (Lipinski definition) is 6. The molecule has 0 bridgehead atoms. The Hall–Kier alpha value is -3.43. The summed E-state index contributed by atoms with van der Waals surface area (Å²) in [5, 5.41) is 10.6. The second-order valence-corrected chi connectivity index (χ2v) is 8.53. The minimum Gasteiger partial charge on any atom is -0.490 e. The van der Waals surface area contributed by atoms with Crippen LogP contribution in [-0.2, 0) is 11.4 Å². The first-order valence-electron chi connectivity index (χ1n) is 11.0. The molecule has 0 fully saturated rings. The quantitative estimate of drug-likeness (QED) is 0.645. The van der Waals surface area contributed by atoms with E-state index in [0.29, 0.717) is 53.1 Å². The van der Waals surface area contributed by atoms with Gasteiger partial charge < -0.3 is 20.1 Å². The van der Waals surface area contributed by atoms with Crippen LogP contribution >= 0.6 is 11.6 Å². The van der Waals surface area contributed by atoms with Crippen LogP contribution < -0.4 is 15.2 Å². The van der Waals surface area contributed by atoms with Gasteiger partial charge in [-0.05, 0) is 55.2 Å². The number of ether oxygens (including phenoxy) is 2. The maximum atomic E-state index is 13.0. The van der Waals surface area contributed by atoms with Crippen LogP contribution in [0.1, 0.15) is 43.2 Å². The molecule has 2 aliphatic rings. The van der Waals surface area contributed by atoms with Crippen LogP contribution in [-0.4, -0.2) is 24.3 Å². The number of halogens is 1. The SMILES string of the molecule is CCOc1cc([C@H]2C(C#N)=C(N)N(C)C3=C2C(=O)CCC3)ccc1OCc1ccc(Cl)cc1. The first-order chi connectivity index (χ1) is 15.9. The molecule has 4 rings (SSSR count). The van der Waals surface area contributed by atoms with Crippen molar-refractivity contribution in [2.75, 3.05) is 13.7 Å². The van der Waals surface area contributed by atoms with Crippen molar-refractivity contribution in [2.45, 2.75) is 38.7 Å². The monoisotopic (exact) mass is 463 g/mol. The third kappa shape index (κ3) is 4.42. The second-order valence-electron chi connectivity index (χ2n) is 8.09. The fraction of sp³-hybridized carbons (Fsp3) is 0.308. The summed E-state index contributed by atoms with van der Waals surface area (Å²) in [6, 6.07) is 15.3. The Morgan fingerprint density at radius 1 is 1.15 bits per heavy atom. The summed E-state index contributed by atoms with van der Waals surface area (Å²) in [5.74, 6) is 1.08. The van der Waals surface area contributed by atoms with Crippen molar-refractivity contribution in [1.29, 1.82) is 5.26 Å². The predicted octanol–water partition coefficient (Wildman–Crippen LogP) is 5.05. The number of hydrogen-bond donors (Lipinski definition) is 1. The highest BCUT2D eigenvalue weighted by Gasteiger charge is 2.38. The molecule has 0 unspecified atom stereocenters.